The Kier molecular flexibility index (Phi) is 8.38. The molecule has 0 aliphatic carbocycles. The third-order valence-electron chi connectivity index (χ3n) is 5.91. The summed E-state index contributed by atoms with van der Waals surface area (Å²) in [7, 11) is 0. The van der Waals surface area contributed by atoms with Crippen molar-refractivity contribution in [3.63, 3.8) is 0 Å². The number of amides is 1. The molecule has 0 saturated carbocycles. The van der Waals surface area contributed by atoms with Gasteiger partial charge in [-0.2, -0.15) is 5.10 Å². The van der Waals surface area contributed by atoms with Crippen molar-refractivity contribution in [1.82, 2.24) is 25.4 Å². The predicted molar refractivity (Wildman–Crippen MR) is 134 cm³/mol. The first-order valence-corrected chi connectivity index (χ1v) is 12.6. The Morgan fingerprint density at radius 3 is 2.64 bits per heavy atom. The number of benzene rings is 2. The van der Waals surface area contributed by atoms with E-state index in [1.807, 2.05) is 24.3 Å². The predicted octanol–water partition coefficient (Wildman–Crippen LogP) is 3.74. The molecule has 174 valence electrons. The van der Waals surface area contributed by atoms with Gasteiger partial charge in [-0.15, -0.1) is 0 Å². The van der Waals surface area contributed by atoms with E-state index in [9.17, 15) is 4.79 Å². The number of carbonyl (C=O) groups excluding carboxylic acids is 1. The van der Waals surface area contributed by atoms with Crippen LogP contribution in [0.4, 0.5) is 5.69 Å². The van der Waals surface area contributed by atoms with Crippen molar-refractivity contribution in [3.8, 4) is 0 Å². The fourth-order valence-electron chi connectivity index (χ4n) is 3.99. The highest BCUT2D eigenvalue weighted by Gasteiger charge is 2.16. The molecule has 0 radical (unpaired) electrons. The number of piperazine rings is 1. The third kappa shape index (κ3) is 7.07. The number of H-pyrrole nitrogens is 1. The summed E-state index contributed by atoms with van der Waals surface area (Å²) >= 11 is 1.59. The summed E-state index contributed by atoms with van der Waals surface area (Å²) in [6.45, 7) is 8.30. The van der Waals surface area contributed by atoms with Gasteiger partial charge in [0.15, 0.2) is 5.16 Å². The molecule has 1 aromatic heterocycles. The van der Waals surface area contributed by atoms with Crippen molar-refractivity contribution in [3.05, 3.63) is 71.5 Å². The van der Waals surface area contributed by atoms with E-state index in [1.54, 1.807) is 11.8 Å². The van der Waals surface area contributed by atoms with Gasteiger partial charge in [-0.05, 0) is 61.7 Å². The van der Waals surface area contributed by atoms with Gasteiger partial charge in [0.2, 0.25) is 0 Å². The van der Waals surface area contributed by atoms with Crippen LogP contribution in [0.2, 0.25) is 0 Å². The lowest BCUT2D eigenvalue weighted by Crippen LogP contribution is -2.46. The zero-order valence-electron chi connectivity index (χ0n) is 19.2. The normalized spacial score (nSPS) is 14.4. The van der Waals surface area contributed by atoms with Crippen LogP contribution >= 0.6 is 11.8 Å². The molecule has 1 aliphatic heterocycles. The molecule has 7 nitrogen and oxygen atoms in total. The van der Waals surface area contributed by atoms with Crippen LogP contribution in [-0.2, 0) is 5.75 Å². The zero-order valence-corrected chi connectivity index (χ0v) is 20.0. The van der Waals surface area contributed by atoms with Crippen LogP contribution in [0.3, 0.4) is 0 Å². The monoisotopic (exact) mass is 464 g/mol. The first kappa shape index (κ1) is 23.3. The van der Waals surface area contributed by atoms with Gasteiger partial charge in [0, 0.05) is 49.7 Å². The lowest BCUT2D eigenvalue weighted by molar-refractivity contribution is 0.0952. The molecule has 33 heavy (non-hydrogen) atoms. The molecule has 1 aliphatic rings. The molecule has 1 fully saturated rings. The number of hydrogen-bond donors (Lipinski definition) is 2. The standard InChI is InChI=1S/C25H32N6OS/c1-20-5-4-6-23(17-20)31-15-13-30(14-16-31)12-3-2-11-26-24(32)22-9-7-21(8-10-22)18-33-25-27-19-28-29-25/h4-10,17,19H,2-3,11-16,18H2,1H3,(H,26,32)(H,27,28,29). The van der Waals surface area contributed by atoms with Crippen LogP contribution < -0.4 is 10.2 Å². The Morgan fingerprint density at radius 2 is 1.91 bits per heavy atom. The maximum atomic E-state index is 12.4. The largest absolute Gasteiger partial charge is 0.369 e. The van der Waals surface area contributed by atoms with Gasteiger partial charge >= 0.3 is 0 Å². The lowest BCUT2D eigenvalue weighted by atomic mass is 10.1. The van der Waals surface area contributed by atoms with E-state index < -0.39 is 0 Å². The minimum atomic E-state index is -0.00351. The van der Waals surface area contributed by atoms with E-state index in [-0.39, 0.29) is 5.91 Å². The molecule has 0 bridgehead atoms. The van der Waals surface area contributed by atoms with E-state index >= 15 is 0 Å². The van der Waals surface area contributed by atoms with Crippen LogP contribution in [-0.4, -0.2) is 65.3 Å². The fraction of sp³-hybridized carbons (Fsp3) is 0.400. The fourth-order valence-corrected chi connectivity index (χ4v) is 4.72. The first-order chi connectivity index (χ1) is 16.2. The Bertz CT molecular complexity index is 1000. The van der Waals surface area contributed by atoms with Gasteiger partial charge in [-0.25, -0.2) is 4.98 Å². The van der Waals surface area contributed by atoms with E-state index in [1.165, 1.54) is 17.6 Å². The number of unbranched alkanes of at least 4 members (excludes halogenated alkanes) is 1. The number of rotatable bonds is 10. The molecule has 8 heteroatoms. The van der Waals surface area contributed by atoms with Gasteiger partial charge in [0.05, 0.1) is 0 Å². The number of aromatic nitrogens is 3. The highest BCUT2D eigenvalue weighted by molar-refractivity contribution is 7.98. The SMILES string of the molecule is Cc1cccc(N2CCN(CCCCNC(=O)c3ccc(CSc4ncn[nH]4)cc3)CC2)c1. The number of carbonyl (C=O) groups is 1. The summed E-state index contributed by atoms with van der Waals surface area (Å²) in [6.07, 6.45) is 3.60. The van der Waals surface area contributed by atoms with Crippen molar-refractivity contribution < 1.29 is 4.79 Å². The molecule has 2 N–H and O–H groups in total. The first-order valence-electron chi connectivity index (χ1n) is 11.6. The van der Waals surface area contributed by atoms with E-state index in [2.05, 4.69) is 61.5 Å². The molecule has 4 rings (SSSR count). The zero-order chi connectivity index (χ0) is 22.9. The minimum Gasteiger partial charge on any atom is -0.369 e. The number of hydrogen-bond acceptors (Lipinski definition) is 6. The van der Waals surface area contributed by atoms with Gasteiger partial charge in [0.25, 0.3) is 5.91 Å². The van der Waals surface area contributed by atoms with E-state index in [0.717, 1.165) is 62.0 Å². The molecule has 0 atom stereocenters. The number of nitrogens with zero attached hydrogens (tertiary/aromatic N) is 4. The number of nitrogens with one attached hydrogen (secondary N) is 2. The number of aromatic amines is 1. The number of aryl methyl sites for hydroxylation is 1. The second-order valence-corrected chi connectivity index (χ2v) is 9.37. The average Bonchev–Trinajstić information content (AvgIpc) is 3.37. The lowest BCUT2D eigenvalue weighted by Gasteiger charge is -2.36. The minimum absolute atomic E-state index is 0.00351. The van der Waals surface area contributed by atoms with E-state index in [4.69, 9.17) is 0 Å². The van der Waals surface area contributed by atoms with Gasteiger partial charge in [-0.3, -0.25) is 14.8 Å². The topological polar surface area (TPSA) is 77.2 Å². The van der Waals surface area contributed by atoms with Crippen molar-refractivity contribution >= 4 is 23.4 Å². The maximum absolute atomic E-state index is 12.4. The quantitative estimate of drug-likeness (QED) is 0.352. The summed E-state index contributed by atoms with van der Waals surface area (Å²) in [5, 5.41) is 10.5. The third-order valence-corrected chi connectivity index (χ3v) is 6.86. The van der Waals surface area contributed by atoms with Gasteiger partial charge in [-0.1, -0.05) is 36.0 Å². The summed E-state index contributed by atoms with van der Waals surface area (Å²) in [6, 6.07) is 16.5. The second-order valence-electron chi connectivity index (χ2n) is 8.41. The average molecular weight is 465 g/mol. The van der Waals surface area contributed by atoms with Crippen LogP contribution in [0.25, 0.3) is 0 Å². The van der Waals surface area contributed by atoms with Crippen molar-refractivity contribution in [1.29, 1.82) is 0 Å². The van der Waals surface area contributed by atoms with Gasteiger partial charge < -0.3 is 10.2 Å². The van der Waals surface area contributed by atoms with Crippen molar-refractivity contribution in [2.24, 2.45) is 0 Å². The molecule has 2 aromatic carbocycles. The highest BCUT2D eigenvalue weighted by Crippen LogP contribution is 2.19. The molecule has 0 unspecified atom stereocenters. The number of anilines is 1. The van der Waals surface area contributed by atoms with Crippen LogP contribution in [0.1, 0.15) is 34.3 Å². The molecule has 3 aromatic rings. The maximum Gasteiger partial charge on any atom is 0.251 e. The Labute approximate surface area is 200 Å². The molecular weight excluding hydrogens is 432 g/mol. The summed E-state index contributed by atoms with van der Waals surface area (Å²) in [5.41, 5.74) is 4.50. The van der Waals surface area contributed by atoms with Gasteiger partial charge in [0.1, 0.15) is 6.33 Å². The molecule has 2 heterocycles. The van der Waals surface area contributed by atoms with Crippen molar-refractivity contribution in [2.75, 3.05) is 44.2 Å². The van der Waals surface area contributed by atoms with Crippen LogP contribution in [0.5, 0.6) is 0 Å². The Balaban J connectivity index is 1.09. The van der Waals surface area contributed by atoms with Crippen molar-refractivity contribution in [2.45, 2.75) is 30.7 Å². The smallest absolute Gasteiger partial charge is 0.251 e. The van der Waals surface area contributed by atoms with Crippen LogP contribution in [0.15, 0.2) is 60.0 Å². The molecule has 1 saturated heterocycles. The Hall–Kier alpha value is -2.84. The second kappa shape index (κ2) is 11.9. The highest BCUT2D eigenvalue weighted by atomic mass is 32.2. The Morgan fingerprint density at radius 1 is 1.09 bits per heavy atom. The summed E-state index contributed by atoms with van der Waals surface area (Å²) in [5.74, 6) is 0.785. The van der Waals surface area contributed by atoms with Crippen LogP contribution in [0, 0.1) is 6.92 Å². The van der Waals surface area contributed by atoms with E-state index in [0.29, 0.717) is 12.1 Å². The summed E-state index contributed by atoms with van der Waals surface area (Å²) in [4.78, 5) is 21.5. The number of thioether (sulfide) groups is 1. The summed E-state index contributed by atoms with van der Waals surface area (Å²) < 4.78 is 0. The molecule has 1 amide bonds. The molecule has 0 spiro atoms. The molecular formula is C25H32N6OS.